The third-order valence-electron chi connectivity index (χ3n) is 9.88. The molecule has 4 N–H and O–H groups in total. The minimum atomic E-state index is -0.844. The highest BCUT2D eigenvalue weighted by Gasteiger charge is 2.37. The van der Waals surface area contributed by atoms with Gasteiger partial charge in [-0.05, 0) is 89.4 Å². The van der Waals surface area contributed by atoms with Crippen LogP contribution < -0.4 is 10.8 Å². The van der Waals surface area contributed by atoms with Gasteiger partial charge in [0.2, 0.25) is 5.91 Å². The molecule has 1 amide bonds. The number of amides is 1. The fraction of sp³-hybridized carbons (Fsp3) is 0.903. The number of carboxylic acid groups (broad SMARTS) is 2. The quantitative estimate of drug-likeness (QED) is 0.173. The van der Waals surface area contributed by atoms with Gasteiger partial charge < -0.3 is 29.8 Å². The van der Waals surface area contributed by atoms with Crippen molar-refractivity contribution in [3.63, 3.8) is 0 Å². The van der Waals surface area contributed by atoms with Crippen molar-refractivity contribution in [1.29, 1.82) is 0 Å². The molecule has 4 atom stereocenters. The molecule has 4 saturated carbocycles. The van der Waals surface area contributed by atoms with E-state index >= 15 is 0 Å². The average molecular weight is 581 g/mol. The third-order valence-corrected chi connectivity index (χ3v) is 9.88. The molecule has 10 nitrogen and oxygen atoms in total. The average Bonchev–Trinajstić information content (AvgIpc) is 2.98. The molecule has 4 unspecified atom stereocenters. The van der Waals surface area contributed by atoms with Crippen LogP contribution in [0.15, 0.2) is 0 Å². The van der Waals surface area contributed by atoms with Crippen LogP contribution in [0.4, 0.5) is 0 Å². The fourth-order valence-electron chi connectivity index (χ4n) is 7.33. The predicted octanol–water partition coefficient (Wildman–Crippen LogP) is 4.45. The molecule has 0 radical (unpaired) electrons. The maximum atomic E-state index is 12.7. The second-order valence-electron chi connectivity index (χ2n) is 12.8. The summed E-state index contributed by atoms with van der Waals surface area (Å²) in [6, 6.07) is 0.414. The smallest absolute Gasteiger partial charge is 0.307 e. The van der Waals surface area contributed by atoms with Crippen LogP contribution in [-0.2, 0) is 28.7 Å². The van der Waals surface area contributed by atoms with E-state index < -0.39 is 23.8 Å². The highest BCUT2D eigenvalue weighted by atomic mass is 16.6. The molecule has 0 aliphatic heterocycles. The van der Waals surface area contributed by atoms with Crippen LogP contribution in [-0.4, -0.2) is 72.2 Å². The number of nitrogens with one attached hydrogen (secondary N) is 2. The normalized spacial score (nSPS) is 34.5. The molecule has 0 aromatic heterocycles. The maximum Gasteiger partial charge on any atom is 0.307 e. The lowest BCUT2D eigenvalue weighted by Crippen LogP contribution is -2.45. The van der Waals surface area contributed by atoms with Crippen molar-refractivity contribution in [2.75, 3.05) is 19.8 Å². The molecule has 0 aromatic rings. The summed E-state index contributed by atoms with van der Waals surface area (Å²) < 4.78 is 12.2. The van der Waals surface area contributed by atoms with Crippen molar-refractivity contribution in [2.45, 2.75) is 133 Å². The van der Waals surface area contributed by atoms with E-state index in [1.807, 2.05) is 0 Å². The first-order valence-electron chi connectivity index (χ1n) is 16.3. The number of hydrogen-bond acceptors (Lipinski definition) is 7. The van der Waals surface area contributed by atoms with E-state index in [2.05, 4.69) is 10.8 Å². The van der Waals surface area contributed by atoms with Gasteiger partial charge in [-0.25, -0.2) is 0 Å². The lowest BCUT2D eigenvalue weighted by atomic mass is 9.78. The molecule has 234 valence electrons. The topological polar surface area (TPSA) is 143 Å². The molecule has 0 aromatic carbocycles. The second kappa shape index (κ2) is 16.8. The number of carbonyl (C=O) groups excluding carboxylic acids is 1. The number of carbonyl (C=O) groups is 3. The predicted molar refractivity (Wildman–Crippen MR) is 152 cm³/mol. The van der Waals surface area contributed by atoms with E-state index in [1.165, 1.54) is 0 Å². The van der Waals surface area contributed by atoms with Crippen molar-refractivity contribution in [1.82, 2.24) is 10.8 Å². The lowest BCUT2D eigenvalue weighted by molar-refractivity contribution is -0.149. The monoisotopic (exact) mass is 580 g/mol. The van der Waals surface area contributed by atoms with Gasteiger partial charge in [-0.3, -0.25) is 14.4 Å². The van der Waals surface area contributed by atoms with E-state index in [9.17, 15) is 24.6 Å². The highest BCUT2D eigenvalue weighted by Crippen LogP contribution is 2.32. The highest BCUT2D eigenvalue weighted by molar-refractivity contribution is 5.85. The zero-order valence-electron chi connectivity index (χ0n) is 24.6. The van der Waals surface area contributed by atoms with Crippen LogP contribution in [0.1, 0.15) is 109 Å². The summed E-state index contributed by atoms with van der Waals surface area (Å²) in [5.41, 5.74) is 3.18. The van der Waals surface area contributed by atoms with Crippen LogP contribution in [0.3, 0.4) is 0 Å². The molecule has 0 bridgehead atoms. The molecule has 0 heterocycles. The SMILES string of the molecule is O=C(O)C1CCCCC1CONC1CCC(OCCCOC2CCC(NC(=O)C3CCCCC3C(=O)O)CC2)CC1. The van der Waals surface area contributed by atoms with E-state index in [1.54, 1.807) is 0 Å². The van der Waals surface area contributed by atoms with Gasteiger partial charge >= 0.3 is 11.9 Å². The maximum absolute atomic E-state index is 12.7. The van der Waals surface area contributed by atoms with Crippen LogP contribution in [0.25, 0.3) is 0 Å². The van der Waals surface area contributed by atoms with Gasteiger partial charge in [-0.2, -0.15) is 5.48 Å². The van der Waals surface area contributed by atoms with Gasteiger partial charge in [0.25, 0.3) is 0 Å². The van der Waals surface area contributed by atoms with Crippen LogP contribution >= 0.6 is 0 Å². The van der Waals surface area contributed by atoms with Gasteiger partial charge in [0.1, 0.15) is 0 Å². The zero-order chi connectivity index (χ0) is 29.0. The summed E-state index contributed by atoms with van der Waals surface area (Å²) in [5.74, 6) is -2.73. The number of rotatable bonds is 14. The Morgan fingerprint density at radius 3 is 1.71 bits per heavy atom. The van der Waals surface area contributed by atoms with Gasteiger partial charge in [-0.1, -0.05) is 25.7 Å². The first-order valence-corrected chi connectivity index (χ1v) is 16.3. The summed E-state index contributed by atoms with van der Waals surface area (Å²) in [5, 5.41) is 22.0. The molecule has 41 heavy (non-hydrogen) atoms. The van der Waals surface area contributed by atoms with Gasteiger partial charge in [0.15, 0.2) is 0 Å². The third kappa shape index (κ3) is 10.2. The first-order chi connectivity index (χ1) is 19.9. The first kappa shape index (κ1) is 32.2. The number of carboxylic acids is 2. The molecule has 0 saturated heterocycles. The Bertz CT molecular complexity index is 825. The number of ether oxygens (including phenoxy) is 2. The minimum absolute atomic E-state index is 0.0794. The number of aliphatic carboxylic acids is 2. The Balaban J connectivity index is 0.996. The lowest BCUT2D eigenvalue weighted by Gasteiger charge is -2.33. The Kier molecular flexibility index (Phi) is 13.2. The number of hydroxylamine groups is 1. The molecule has 4 rings (SSSR count). The van der Waals surface area contributed by atoms with E-state index in [0.29, 0.717) is 38.7 Å². The summed E-state index contributed by atoms with van der Waals surface area (Å²) in [7, 11) is 0. The summed E-state index contributed by atoms with van der Waals surface area (Å²) in [6.07, 6.45) is 15.8. The van der Waals surface area contributed by atoms with Gasteiger partial charge in [0.05, 0.1) is 36.6 Å². The van der Waals surface area contributed by atoms with Crippen LogP contribution in [0, 0.1) is 23.7 Å². The van der Waals surface area contributed by atoms with Crippen LogP contribution in [0.5, 0.6) is 0 Å². The molecule has 4 aliphatic carbocycles. The Morgan fingerprint density at radius 2 is 1.12 bits per heavy atom. The number of hydrogen-bond donors (Lipinski definition) is 4. The largest absolute Gasteiger partial charge is 0.481 e. The summed E-state index contributed by atoms with van der Waals surface area (Å²) >= 11 is 0. The van der Waals surface area contributed by atoms with Crippen molar-refractivity contribution in [2.24, 2.45) is 23.7 Å². The minimum Gasteiger partial charge on any atom is -0.481 e. The van der Waals surface area contributed by atoms with Gasteiger partial charge in [0, 0.05) is 25.3 Å². The molecular formula is C31H52N2O8. The van der Waals surface area contributed by atoms with E-state index in [-0.39, 0.29) is 36.0 Å². The Labute approximate surface area is 244 Å². The summed E-state index contributed by atoms with van der Waals surface area (Å²) in [6.45, 7) is 1.83. The fourth-order valence-corrected chi connectivity index (χ4v) is 7.33. The molecule has 10 heteroatoms. The molecule has 4 aliphatic rings. The van der Waals surface area contributed by atoms with Crippen molar-refractivity contribution in [3.8, 4) is 0 Å². The van der Waals surface area contributed by atoms with Crippen molar-refractivity contribution in [3.05, 3.63) is 0 Å². The standard InChI is InChI=1S/C31H52N2O8/c34-29(27-8-3-4-9-28(27)31(37)38)32-22-10-14-24(15-11-22)39-18-5-19-40-25-16-12-23(13-17-25)33-41-20-21-6-1-2-7-26(21)30(35)36/h21-28,33H,1-20H2,(H,32,34)(H,35,36)(H,37,38). The van der Waals surface area contributed by atoms with E-state index in [0.717, 1.165) is 96.3 Å². The Hall–Kier alpha value is -1.75. The van der Waals surface area contributed by atoms with Gasteiger partial charge in [-0.15, -0.1) is 0 Å². The van der Waals surface area contributed by atoms with Crippen molar-refractivity contribution < 1.29 is 38.9 Å². The van der Waals surface area contributed by atoms with Crippen LogP contribution in [0.2, 0.25) is 0 Å². The summed E-state index contributed by atoms with van der Waals surface area (Å²) in [4.78, 5) is 41.5. The second-order valence-corrected chi connectivity index (χ2v) is 12.8. The van der Waals surface area contributed by atoms with Crippen molar-refractivity contribution >= 4 is 17.8 Å². The molecular weight excluding hydrogens is 528 g/mol. The molecule has 0 spiro atoms. The zero-order valence-corrected chi connectivity index (χ0v) is 24.6. The Morgan fingerprint density at radius 1 is 0.610 bits per heavy atom. The van der Waals surface area contributed by atoms with E-state index in [4.69, 9.17) is 14.3 Å². The molecule has 4 fully saturated rings.